The van der Waals surface area contributed by atoms with E-state index in [0.29, 0.717) is 0 Å². The van der Waals surface area contributed by atoms with E-state index in [1.54, 1.807) is 0 Å². The molecule has 0 heterocycles. The zero-order valence-corrected chi connectivity index (χ0v) is 10.4. The van der Waals surface area contributed by atoms with Gasteiger partial charge in [-0.15, -0.1) is 12.4 Å². The van der Waals surface area contributed by atoms with Crippen LogP contribution in [0.4, 0.5) is 13.2 Å². The van der Waals surface area contributed by atoms with Crippen LogP contribution in [0.25, 0.3) is 0 Å². The fourth-order valence-electron chi connectivity index (χ4n) is 1.20. The quantitative estimate of drug-likeness (QED) is 0.664. The summed E-state index contributed by atoms with van der Waals surface area (Å²) >= 11 is 2.67. The summed E-state index contributed by atoms with van der Waals surface area (Å²) in [7, 11) is 0. The van der Waals surface area contributed by atoms with Gasteiger partial charge in [0.2, 0.25) is 0 Å². The molecular weight excluding hydrogens is 310 g/mol. The van der Waals surface area contributed by atoms with Gasteiger partial charge in [-0.05, 0) is 28.4 Å². The van der Waals surface area contributed by atoms with Gasteiger partial charge in [-0.1, -0.05) is 0 Å². The molecule has 0 amide bonds. The van der Waals surface area contributed by atoms with E-state index in [0.717, 1.165) is 6.07 Å². The van der Waals surface area contributed by atoms with Crippen LogP contribution in [0.5, 0.6) is 0 Å². The summed E-state index contributed by atoms with van der Waals surface area (Å²) in [5, 5.41) is 8.58. The lowest BCUT2D eigenvalue weighted by Crippen LogP contribution is -2.16. The Labute approximate surface area is 105 Å². The molecule has 0 fully saturated rings. The maximum atomic E-state index is 13.3. The zero-order valence-electron chi connectivity index (χ0n) is 8.01. The molecule has 92 valence electrons. The lowest BCUT2D eigenvalue weighted by Gasteiger charge is -2.13. The largest absolute Gasteiger partial charge is 0.396 e. The molecule has 0 aliphatic carbocycles. The molecule has 0 radical (unpaired) electrons. The second-order valence-corrected chi connectivity index (χ2v) is 3.85. The molecule has 1 atom stereocenters. The van der Waals surface area contributed by atoms with Crippen LogP contribution in [0.3, 0.4) is 0 Å². The second kappa shape index (κ2) is 6.44. The van der Waals surface area contributed by atoms with Gasteiger partial charge in [0.1, 0.15) is 5.82 Å². The summed E-state index contributed by atoms with van der Waals surface area (Å²) in [5.41, 5.74) is 4.87. The van der Waals surface area contributed by atoms with Crippen LogP contribution >= 0.6 is 28.3 Å². The van der Waals surface area contributed by atoms with Crippen LogP contribution < -0.4 is 5.73 Å². The molecule has 1 aromatic rings. The fourth-order valence-corrected chi connectivity index (χ4v) is 1.58. The fraction of sp³-hybridized carbons (Fsp3) is 0.333. The molecule has 16 heavy (non-hydrogen) atoms. The predicted molar refractivity (Wildman–Crippen MR) is 59.9 cm³/mol. The normalized spacial score (nSPS) is 12.1. The molecule has 0 saturated carbocycles. The molecule has 2 nitrogen and oxygen atoms in total. The summed E-state index contributed by atoms with van der Waals surface area (Å²) in [6.45, 7) is -0.322. The van der Waals surface area contributed by atoms with Gasteiger partial charge >= 0.3 is 0 Å². The van der Waals surface area contributed by atoms with Crippen LogP contribution in [0.2, 0.25) is 0 Å². The molecule has 1 rings (SSSR count). The van der Waals surface area contributed by atoms with Crippen molar-refractivity contribution < 1.29 is 18.3 Å². The van der Waals surface area contributed by atoms with Crippen molar-refractivity contribution in [3.8, 4) is 0 Å². The first-order valence-electron chi connectivity index (χ1n) is 4.18. The van der Waals surface area contributed by atoms with Gasteiger partial charge in [0.15, 0.2) is 11.6 Å². The Kier molecular flexibility index (Phi) is 6.32. The highest BCUT2D eigenvalue weighted by molar-refractivity contribution is 9.10. The summed E-state index contributed by atoms with van der Waals surface area (Å²) in [6, 6.07) is -0.247. The van der Waals surface area contributed by atoms with Crippen molar-refractivity contribution in [2.75, 3.05) is 6.61 Å². The van der Waals surface area contributed by atoms with E-state index in [4.69, 9.17) is 10.8 Å². The minimum Gasteiger partial charge on any atom is -0.396 e. The highest BCUT2D eigenvalue weighted by atomic mass is 79.9. The molecule has 0 aromatic heterocycles. The average molecular weight is 321 g/mol. The van der Waals surface area contributed by atoms with E-state index < -0.39 is 29.1 Å². The zero-order chi connectivity index (χ0) is 11.6. The topological polar surface area (TPSA) is 46.2 Å². The van der Waals surface area contributed by atoms with E-state index in [2.05, 4.69) is 15.9 Å². The molecule has 0 saturated heterocycles. The molecule has 0 aliphatic heterocycles. The minimum atomic E-state index is -1.32. The Bertz CT molecular complexity index is 378. The highest BCUT2D eigenvalue weighted by Crippen LogP contribution is 2.28. The van der Waals surface area contributed by atoms with Gasteiger partial charge in [-0.3, -0.25) is 0 Å². The van der Waals surface area contributed by atoms with E-state index in [1.807, 2.05) is 0 Å². The first-order valence-corrected chi connectivity index (χ1v) is 4.97. The van der Waals surface area contributed by atoms with E-state index in [-0.39, 0.29) is 29.9 Å². The van der Waals surface area contributed by atoms with Gasteiger partial charge < -0.3 is 10.8 Å². The summed E-state index contributed by atoms with van der Waals surface area (Å²) in [6.07, 6.45) is -0.0328. The Hall–Kier alpha value is -0.300. The van der Waals surface area contributed by atoms with Crippen molar-refractivity contribution in [2.45, 2.75) is 12.5 Å². The average Bonchev–Trinajstić information content (AvgIpc) is 2.15. The molecule has 1 aromatic carbocycles. The summed E-state index contributed by atoms with van der Waals surface area (Å²) < 4.78 is 39.3. The van der Waals surface area contributed by atoms with Gasteiger partial charge in [0, 0.05) is 18.2 Å². The third kappa shape index (κ3) is 3.10. The Morgan fingerprint density at radius 3 is 2.38 bits per heavy atom. The number of rotatable bonds is 3. The minimum absolute atomic E-state index is 0. The van der Waals surface area contributed by atoms with E-state index in [9.17, 15) is 13.2 Å². The Morgan fingerprint density at radius 1 is 1.31 bits per heavy atom. The smallest absolute Gasteiger partial charge is 0.173 e. The molecule has 0 aliphatic rings. The van der Waals surface area contributed by atoms with Crippen LogP contribution in [0.1, 0.15) is 18.0 Å². The molecule has 0 bridgehead atoms. The van der Waals surface area contributed by atoms with Crippen LogP contribution in [-0.4, -0.2) is 11.7 Å². The van der Waals surface area contributed by atoms with Crippen LogP contribution in [0.15, 0.2) is 10.5 Å². The SMILES string of the molecule is Cl.NC(CCO)c1c(F)cc(Br)c(F)c1F. The van der Waals surface area contributed by atoms with Crippen molar-refractivity contribution in [1.29, 1.82) is 0 Å². The van der Waals surface area contributed by atoms with E-state index in [1.165, 1.54) is 0 Å². The molecule has 7 heteroatoms. The van der Waals surface area contributed by atoms with E-state index >= 15 is 0 Å². The van der Waals surface area contributed by atoms with Crippen LogP contribution in [-0.2, 0) is 0 Å². The molecule has 3 N–H and O–H groups in total. The van der Waals surface area contributed by atoms with Gasteiger partial charge in [0.25, 0.3) is 0 Å². The maximum Gasteiger partial charge on any atom is 0.173 e. The highest BCUT2D eigenvalue weighted by Gasteiger charge is 2.22. The van der Waals surface area contributed by atoms with Gasteiger partial charge in [-0.25, -0.2) is 13.2 Å². The molecular formula is C9H10BrClF3NO. The van der Waals surface area contributed by atoms with Crippen molar-refractivity contribution in [3.63, 3.8) is 0 Å². The summed E-state index contributed by atoms with van der Waals surface area (Å²) in [4.78, 5) is 0. The monoisotopic (exact) mass is 319 g/mol. The number of aliphatic hydroxyl groups is 1. The first-order chi connectivity index (χ1) is 6.99. The lowest BCUT2D eigenvalue weighted by atomic mass is 10.0. The number of aliphatic hydroxyl groups excluding tert-OH is 1. The van der Waals surface area contributed by atoms with Gasteiger partial charge in [0.05, 0.1) is 4.47 Å². The maximum absolute atomic E-state index is 13.3. The number of benzene rings is 1. The number of hydrogen-bond donors (Lipinski definition) is 2. The standard InChI is InChI=1S/C9H9BrF3NO.ClH/c10-4-3-5(11)7(6(14)1-2-15)9(13)8(4)12;/h3,6,15H,1-2,14H2;1H. The molecule has 0 spiro atoms. The van der Waals surface area contributed by atoms with Crippen molar-refractivity contribution >= 4 is 28.3 Å². The number of nitrogens with two attached hydrogens (primary N) is 1. The second-order valence-electron chi connectivity index (χ2n) is 3.00. The summed E-state index contributed by atoms with van der Waals surface area (Å²) in [5.74, 6) is -3.43. The Morgan fingerprint density at radius 2 is 1.88 bits per heavy atom. The Balaban J connectivity index is 0.00000225. The van der Waals surface area contributed by atoms with Crippen molar-refractivity contribution in [3.05, 3.63) is 33.6 Å². The first kappa shape index (κ1) is 15.7. The van der Waals surface area contributed by atoms with Gasteiger partial charge in [-0.2, -0.15) is 0 Å². The van der Waals surface area contributed by atoms with Crippen molar-refractivity contribution in [2.24, 2.45) is 5.73 Å². The molecule has 1 unspecified atom stereocenters. The van der Waals surface area contributed by atoms with Crippen molar-refractivity contribution in [1.82, 2.24) is 0 Å². The van der Waals surface area contributed by atoms with Crippen LogP contribution in [0, 0.1) is 17.5 Å². The number of halogens is 5. The predicted octanol–water partition coefficient (Wildman–Crippen LogP) is 2.67. The lowest BCUT2D eigenvalue weighted by molar-refractivity contribution is 0.273. The number of hydrogen-bond acceptors (Lipinski definition) is 2. The third-order valence-corrected chi connectivity index (χ3v) is 2.54. The third-order valence-electron chi connectivity index (χ3n) is 1.96.